The molecular formula is C35H52N2O8P2. The molecule has 0 heterocycles. The summed E-state index contributed by atoms with van der Waals surface area (Å²) in [5, 5.41) is 0. The van der Waals surface area contributed by atoms with Crippen molar-refractivity contribution in [1.82, 2.24) is 0 Å². The Morgan fingerprint density at radius 3 is 1.23 bits per heavy atom. The van der Waals surface area contributed by atoms with Gasteiger partial charge in [0, 0.05) is 36.1 Å². The van der Waals surface area contributed by atoms with Crippen molar-refractivity contribution >= 4 is 51.5 Å². The summed E-state index contributed by atoms with van der Waals surface area (Å²) < 4.78 is 34.1. The molecule has 0 atom stereocenters. The highest BCUT2D eigenvalue weighted by Crippen LogP contribution is 2.50. The highest BCUT2D eigenvalue weighted by molar-refractivity contribution is 7.57. The lowest BCUT2D eigenvalue weighted by Gasteiger charge is -2.17. The van der Waals surface area contributed by atoms with Crippen LogP contribution in [0, 0.1) is 0 Å². The summed E-state index contributed by atoms with van der Waals surface area (Å²) in [7, 11) is -7.45. The molecule has 0 saturated carbocycles. The molecule has 2 amide bonds. The molecule has 2 rings (SSSR count). The Bertz CT molecular complexity index is 1320. The lowest BCUT2D eigenvalue weighted by atomic mass is 10.1. The Morgan fingerprint density at radius 2 is 0.915 bits per heavy atom. The average Bonchev–Trinajstić information content (AvgIpc) is 3.05. The first kappa shape index (κ1) is 40.3. The molecule has 0 bridgehead atoms. The standard InChI is InChI=1S/C35H52N2O8P2/c1-3-44-47(43,45-4-2)29-25-33-18-22-35(23-19-33)37(31-39)27-15-13-11-9-7-5-6-8-10-12-14-26-36(30-38)34-20-16-32(17-21-34)24-28-46(40,41)42/h16-25,28-31H,3-15,26-27H2,1-2H3,(H2,40,41,42). The fourth-order valence-electron chi connectivity index (χ4n) is 5.04. The molecule has 0 saturated heterocycles. The van der Waals surface area contributed by atoms with Gasteiger partial charge in [-0.3, -0.25) is 18.7 Å². The molecule has 2 aromatic rings. The molecule has 0 radical (unpaired) electrons. The van der Waals surface area contributed by atoms with Gasteiger partial charge < -0.3 is 28.6 Å². The van der Waals surface area contributed by atoms with E-state index >= 15 is 0 Å². The molecular weight excluding hydrogens is 638 g/mol. The van der Waals surface area contributed by atoms with E-state index in [2.05, 4.69) is 0 Å². The van der Waals surface area contributed by atoms with Gasteiger partial charge in [-0.05, 0) is 74.2 Å². The third-order valence-corrected chi connectivity index (χ3v) is 9.82. The summed E-state index contributed by atoms with van der Waals surface area (Å²) in [6.07, 6.45) is 17.1. The topological polar surface area (TPSA) is 134 Å². The minimum atomic E-state index is -4.20. The highest BCUT2D eigenvalue weighted by Gasteiger charge is 2.18. The van der Waals surface area contributed by atoms with Crippen LogP contribution in [-0.4, -0.2) is 48.9 Å². The van der Waals surface area contributed by atoms with Crippen LogP contribution >= 0.6 is 15.2 Å². The van der Waals surface area contributed by atoms with Crippen molar-refractivity contribution in [3.8, 4) is 0 Å². The minimum absolute atomic E-state index is 0.301. The van der Waals surface area contributed by atoms with Gasteiger partial charge >= 0.3 is 15.2 Å². The van der Waals surface area contributed by atoms with Crippen LogP contribution in [0.5, 0.6) is 0 Å². The smallest absolute Gasteiger partial charge is 0.321 e. The molecule has 10 nitrogen and oxygen atoms in total. The van der Waals surface area contributed by atoms with Crippen LogP contribution in [0.15, 0.2) is 60.2 Å². The molecule has 260 valence electrons. The van der Waals surface area contributed by atoms with Crippen LogP contribution in [0.3, 0.4) is 0 Å². The number of unbranched alkanes of at least 4 members (excludes halogenated alkanes) is 10. The van der Waals surface area contributed by atoms with Gasteiger partial charge in [-0.25, -0.2) is 0 Å². The van der Waals surface area contributed by atoms with Crippen LogP contribution in [-0.2, 0) is 27.8 Å². The highest BCUT2D eigenvalue weighted by atomic mass is 31.2. The van der Waals surface area contributed by atoms with Gasteiger partial charge in [0.25, 0.3) is 0 Å². The summed E-state index contributed by atoms with van der Waals surface area (Å²) in [4.78, 5) is 44.5. The SMILES string of the molecule is CCOP(=O)(C=Cc1ccc(N(C=O)CCCCCCCCCCCCCN(C=O)c2ccc(C=CP(=O)(O)O)cc2)cc1)OCC. The van der Waals surface area contributed by atoms with Gasteiger partial charge in [0.05, 0.1) is 13.2 Å². The number of carbonyl (C=O) groups excluding carboxylic acids is 2. The molecule has 0 aromatic heterocycles. The van der Waals surface area contributed by atoms with Crippen molar-refractivity contribution in [2.45, 2.75) is 84.5 Å². The Kier molecular flexibility index (Phi) is 19.5. The first-order valence-electron chi connectivity index (χ1n) is 16.6. The van der Waals surface area contributed by atoms with E-state index in [1.807, 2.05) is 24.3 Å². The van der Waals surface area contributed by atoms with Crippen molar-refractivity contribution in [2.75, 3.05) is 36.1 Å². The average molecular weight is 691 g/mol. The van der Waals surface area contributed by atoms with Gasteiger partial charge in [-0.1, -0.05) is 82.1 Å². The zero-order chi connectivity index (χ0) is 34.4. The molecule has 0 aliphatic carbocycles. The fourth-order valence-corrected chi connectivity index (χ4v) is 6.73. The number of amides is 2. The summed E-state index contributed by atoms with van der Waals surface area (Å²) in [6.45, 7) is 5.46. The van der Waals surface area contributed by atoms with Crippen LogP contribution in [0.25, 0.3) is 12.2 Å². The molecule has 0 spiro atoms. The Labute approximate surface area is 280 Å². The summed E-state index contributed by atoms with van der Waals surface area (Å²) in [5.74, 6) is 2.34. The third-order valence-electron chi connectivity index (χ3n) is 7.53. The predicted octanol–water partition coefficient (Wildman–Crippen LogP) is 8.99. The number of anilines is 2. The van der Waals surface area contributed by atoms with Crippen molar-refractivity contribution in [3.63, 3.8) is 0 Å². The number of rotatable bonds is 26. The van der Waals surface area contributed by atoms with E-state index in [0.29, 0.717) is 31.9 Å². The molecule has 0 unspecified atom stereocenters. The van der Waals surface area contributed by atoms with E-state index in [-0.39, 0.29) is 0 Å². The van der Waals surface area contributed by atoms with E-state index in [9.17, 15) is 18.7 Å². The Balaban J connectivity index is 1.54. The monoisotopic (exact) mass is 690 g/mol. The zero-order valence-electron chi connectivity index (χ0n) is 27.8. The quantitative estimate of drug-likeness (QED) is 0.0568. The second kappa shape index (κ2) is 22.7. The van der Waals surface area contributed by atoms with Crippen molar-refractivity contribution in [2.24, 2.45) is 0 Å². The summed E-state index contributed by atoms with van der Waals surface area (Å²) in [6, 6.07) is 14.6. The predicted molar refractivity (Wildman–Crippen MR) is 191 cm³/mol. The van der Waals surface area contributed by atoms with Gasteiger partial charge in [-0.2, -0.15) is 0 Å². The van der Waals surface area contributed by atoms with Gasteiger partial charge in [-0.15, -0.1) is 0 Å². The van der Waals surface area contributed by atoms with Gasteiger partial charge in [0.15, 0.2) is 0 Å². The van der Waals surface area contributed by atoms with Gasteiger partial charge in [0.1, 0.15) is 0 Å². The third kappa shape index (κ3) is 17.2. The number of hydrogen-bond acceptors (Lipinski definition) is 6. The maximum absolute atomic E-state index is 12.6. The molecule has 2 aromatic carbocycles. The molecule has 0 aliphatic heterocycles. The maximum Gasteiger partial charge on any atom is 0.354 e. The largest absolute Gasteiger partial charge is 0.354 e. The Hall–Kier alpha value is -2.84. The number of hydrogen-bond donors (Lipinski definition) is 2. The summed E-state index contributed by atoms with van der Waals surface area (Å²) >= 11 is 0. The second-order valence-corrected chi connectivity index (χ2v) is 14.6. The van der Waals surface area contributed by atoms with E-state index < -0.39 is 15.2 Å². The van der Waals surface area contributed by atoms with E-state index in [1.165, 1.54) is 44.0 Å². The normalized spacial score (nSPS) is 12.2. The lowest BCUT2D eigenvalue weighted by Crippen LogP contribution is -2.22. The van der Waals surface area contributed by atoms with E-state index in [4.69, 9.17) is 18.8 Å². The van der Waals surface area contributed by atoms with Crippen molar-refractivity contribution in [1.29, 1.82) is 0 Å². The number of carbonyl (C=O) groups is 2. The summed E-state index contributed by atoms with van der Waals surface area (Å²) in [5.41, 5.74) is 3.11. The van der Waals surface area contributed by atoms with Crippen molar-refractivity contribution in [3.05, 3.63) is 71.3 Å². The fraction of sp³-hybridized carbons (Fsp3) is 0.486. The molecule has 47 heavy (non-hydrogen) atoms. The first-order chi connectivity index (χ1) is 22.6. The molecule has 12 heteroatoms. The number of nitrogens with zero attached hydrogens (tertiary/aromatic N) is 2. The second-order valence-electron chi connectivity index (χ2n) is 11.3. The first-order valence-corrected chi connectivity index (χ1v) is 19.9. The van der Waals surface area contributed by atoms with Crippen LogP contribution in [0.2, 0.25) is 0 Å². The van der Waals surface area contributed by atoms with Crippen LogP contribution in [0.4, 0.5) is 11.4 Å². The molecule has 2 N–H and O–H groups in total. The number of benzene rings is 2. The zero-order valence-corrected chi connectivity index (χ0v) is 29.6. The van der Waals surface area contributed by atoms with Gasteiger partial charge in [0.2, 0.25) is 12.8 Å². The molecule has 0 aliphatic rings. The maximum atomic E-state index is 12.6. The van der Waals surface area contributed by atoms with E-state index in [1.54, 1.807) is 54.0 Å². The minimum Gasteiger partial charge on any atom is -0.321 e. The molecule has 0 fully saturated rings. The van der Waals surface area contributed by atoms with Crippen molar-refractivity contribution < 1.29 is 37.6 Å². The Morgan fingerprint density at radius 1 is 0.574 bits per heavy atom. The lowest BCUT2D eigenvalue weighted by molar-refractivity contribution is -0.108. The van der Waals surface area contributed by atoms with Crippen LogP contribution in [0.1, 0.15) is 95.6 Å². The van der Waals surface area contributed by atoms with Crippen LogP contribution < -0.4 is 9.80 Å². The van der Waals surface area contributed by atoms with E-state index in [0.717, 1.165) is 74.1 Å².